The number of nitrogens with zero attached hydrogens (tertiary/aromatic N) is 3. The number of hydrogen-bond acceptors (Lipinski definition) is 3. The molecule has 0 saturated heterocycles. The van der Waals surface area contributed by atoms with Crippen LogP contribution in [0.5, 0.6) is 0 Å². The minimum atomic E-state index is 0.585. The highest BCUT2D eigenvalue weighted by molar-refractivity contribution is 7.71. The molecule has 0 spiro atoms. The van der Waals surface area contributed by atoms with E-state index in [1.165, 1.54) is 0 Å². The van der Waals surface area contributed by atoms with Crippen molar-refractivity contribution in [2.75, 3.05) is 0 Å². The molecule has 0 radical (unpaired) electrons. The molecule has 0 aliphatic heterocycles. The second-order valence-electron chi connectivity index (χ2n) is 3.13. The Hall–Kier alpha value is -1.49. The number of aryl methyl sites for hydroxylation is 2. The molecule has 2 aromatic heterocycles. The van der Waals surface area contributed by atoms with E-state index < -0.39 is 0 Å². The van der Waals surface area contributed by atoms with Crippen LogP contribution in [-0.2, 0) is 7.05 Å². The number of aromatic amines is 1. The molecule has 2 aromatic rings. The smallest absolute Gasteiger partial charge is 0.159 e. The first-order valence-electron chi connectivity index (χ1n) is 4.23. The lowest BCUT2D eigenvalue weighted by Gasteiger charge is -1.98. The van der Waals surface area contributed by atoms with Crippen LogP contribution in [-0.4, -0.2) is 19.7 Å². The molecule has 0 unspecified atom stereocenters. The zero-order valence-corrected chi connectivity index (χ0v) is 8.80. The van der Waals surface area contributed by atoms with Gasteiger partial charge in [-0.05, 0) is 19.1 Å². The molecule has 0 aromatic carbocycles. The fourth-order valence-electron chi connectivity index (χ4n) is 1.24. The van der Waals surface area contributed by atoms with Gasteiger partial charge >= 0.3 is 0 Å². The van der Waals surface area contributed by atoms with Crippen LogP contribution in [0.15, 0.2) is 18.3 Å². The van der Waals surface area contributed by atoms with Gasteiger partial charge in [-0.3, -0.25) is 4.68 Å². The predicted octanol–water partition coefficient (Wildman–Crippen LogP) is 1.85. The van der Waals surface area contributed by atoms with Crippen molar-refractivity contribution < 1.29 is 0 Å². The molecule has 5 heteroatoms. The Morgan fingerprint density at radius 1 is 1.50 bits per heavy atom. The lowest BCUT2D eigenvalue weighted by atomic mass is 10.4. The molecule has 1 N–H and O–H groups in total. The minimum absolute atomic E-state index is 0.585. The van der Waals surface area contributed by atoms with Crippen molar-refractivity contribution in [1.29, 1.82) is 0 Å². The number of H-pyrrole nitrogens is 1. The molecule has 0 bridgehead atoms. The summed E-state index contributed by atoms with van der Waals surface area (Å²) < 4.78 is 2.32. The highest BCUT2D eigenvalue weighted by Gasteiger charge is 2.03. The van der Waals surface area contributed by atoms with Gasteiger partial charge in [0.05, 0.1) is 0 Å². The third kappa shape index (κ3) is 1.72. The fraction of sp³-hybridized carbons (Fsp3) is 0.222. The number of hydrogen-bond donors (Lipinski definition) is 1. The van der Waals surface area contributed by atoms with Gasteiger partial charge in [0, 0.05) is 18.9 Å². The van der Waals surface area contributed by atoms with Gasteiger partial charge in [0.1, 0.15) is 10.3 Å². The summed E-state index contributed by atoms with van der Waals surface area (Å²) >= 11 is 5.03. The fourth-order valence-corrected chi connectivity index (χ4v) is 1.51. The van der Waals surface area contributed by atoms with Crippen molar-refractivity contribution in [2.45, 2.75) is 6.92 Å². The second kappa shape index (κ2) is 3.34. The van der Waals surface area contributed by atoms with Gasteiger partial charge < -0.3 is 4.98 Å². The molecule has 0 fully saturated rings. The molecule has 4 nitrogen and oxygen atoms in total. The van der Waals surface area contributed by atoms with Crippen LogP contribution in [0.2, 0.25) is 0 Å². The summed E-state index contributed by atoms with van der Waals surface area (Å²) in [7, 11) is 1.87. The quantitative estimate of drug-likeness (QED) is 0.724. The summed E-state index contributed by atoms with van der Waals surface area (Å²) in [6.07, 6.45) is 1.87. The third-order valence-corrected chi connectivity index (χ3v) is 2.04. The highest BCUT2D eigenvalue weighted by Crippen LogP contribution is 2.11. The van der Waals surface area contributed by atoms with E-state index in [0.717, 1.165) is 17.2 Å². The largest absolute Gasteiger partial charge is 0.342 e. The Bertz CT molecular complexity index is 512. The Morgan fingerprint density at radius 2 is 2.29 bits per heavy atom. The van der Waals surface area contributed by atoms with E-state index in [1.54, 1.807) is 4.68 Å². The second-order valence-corrected chi connectivity index (χ2v) is 3.54. The maximum Gasteiger partial charge on any atom is 0.159 e. The number of rotatable bonds is 1. The van der Waals surface area contributed by atoms with E-state index in [0.29, 0.717) is 4.64 Å². The molecule has 0 amide bonds. The minimum Gasteiger partial charge on any atom is -0.342 e. The van der Waals surface area contributed by atoms with Crippen molar-refractivity contribution in [3.63, 3.8) is 0 Å². The molecule has 14 heavy (non-hydrogen) atoms. The van der Waals surface area contributed by atoms with Gasteiger partial charge in [-0.2, -0.15) is 5.10 Å². The molecule has 2 rings (SSSR count). The van der Waals surface area contributed by atoms with E-state index in [4.69, 9.17) is 12.2 Å². The van der Waals surface area contributed by atoms with Gasteiger partial charge in [0.2, 0.25) is 0 Å². The maximum absolute atomic E-state index is 5.03. The topological polar surface area (TPSA) is 46.5 Å². The molecular formula is C9H10N4S. The van der Waals surface area contributed by atoms with E-state index >= 15 is 0 Å². The van der Waals surface area contributed by atoms with Crippen molar-refractivity contribution in [3.05, 3.63) is 28.7 Å². The zero-order valence-electron chi connectivity index (χ0n) is 7.98. The normalized spacial score (nSPS) is 10.4. The first-order valence-corrected chi connectivity index (χ1v) is 4.64. The van der Waals surface area contributed by atoms with Crippen LogP contribution >= 0.6 is 12.2 Å². The Kier molecular flexibility index (Phi) is 2.17. The molecule has 0 aliphatic carbocycles. The number of nitrogens with one attached hydrogen (secondary N) is 1. The summed E-state index contributed by atoms with van der Waals surface area (Å²) in [6.45, 7) is 1.95. The predicted molar refractivity (Wildman–Crippen MR) is 56.4 cm³/mol. The standard InChI is InChI=1S/C9H10N4S/c1-6-5-8(14)11-9(10-6)7-3-4-13(2)12-7/h3-5H,1-2H3,(H,10,11,14). The molecule has 2 heterocycles. The van der Waals surface area contributed by atoms with E-state index in [9.17, 15) is 0 Å². The number of aromatic nitrogens is 4. The summed E-state index contributed by atoms with van der Waals surface area (Å²) in [5.74, 6) is 0.718. The lowest BCUT2D eigenvalue weighted by molar-refractivity contribution is 0.768. The molecule has 0 aliphatic rings. The first kappa shape index (κ1) is 9.08. The van der Waals surface area contributed by atoms with Crippen LogP contribution in [0.1, 0.15) is 5.69 Å². The highest BCUT2D eigenvalue weighted by atomic mass is 32.1. The van der Waals surface area contributed by atoms with Crippen LogP contribution < -0.4 is 0 Å². The van der Waals surface area contributed by atoms with Gasteiger partial charge in [0.15, 0.2) is 5.82 Å². The van der Waals surface area contributed by atoms with Crippen molar-refractivity contribution in [1.82, 2.24) is 19.7 Å². The molecule has 0 saturated carbocycles. The maximum atomic E-state index is 5.03. The molecular weight excluding hydrogens is 196 g/mol. The monoisotopic (exact) mass is 206 g/mol. The first-order chi connectivity index (χ1) is 6.65. The van der Waals surface area contributed by atoms with Crippen molar-refractivity contribution >= 4 is 12.2 Å². The summed E-state index contributed by atoms with van der Waals surface area (Å²) in [5.41, 5.74) is 1.80. The van der Waals surface area contributed by atoms with Crippen molar-refractivity contribution in [2.24, 2.45) is 7.05 Å². The Balaban J connectivity index is 2.56. The van der Waals surface area contributed by atoms with Crippen molar-refractivity contribution in [3.8, 4) is 11.5 Å². The SMILES string of the molecule is Cc1cc(=S)nc(-c2ccn(C)n2)[nH]1. The van der Waals surface area contributed by atoms with Gasteiger partial charge in [-0.25, -0.2) is 4.98 Å². The van der Waals surface area contributed by atoms with E-state index in [2.05, 4.69) is 15.1 Å². The van der Waals surface area contributed by atoms with E-state index in [-0.39, 0.29) is 0 Å². The van der Waals surface area contributed by atoms with Gasteiger partial charge in [-0.15, -0.1) is 0 Å². The summed E-state index contributed by atoms with van der Waals surface area (Å²) in [5, 5.41) is 4.24. The lowest BCUT2D eigenvalue weighted by Crippen LogP contribution is -1.94. The summed E-state index contributed by atoms with van der Waals surface area (Å²) in [4.78, 5) is 7.33. The average molecular weight is 206 g/mol. The zero-order chi connectivity index (χ0) is 10.1. The average Bonchev–Trinajstić information content (AvgIpc) is 2.50. The van der Waals surface area contributed by atoms with Crippen LogP contribution in [0, 0.1) is 11.6 Å². The van der Waals surface area contributed by atoms with Crippen LogP contribution in [0.3, 0.4) is 0 Å². The summed E-state index contributed by atoms with van der Waals surface area (Å²) in [6, 6.07) is 3.72. The van der Waals surface area contributed by atoms with Crippen LogP contribution in [0.4, 0.5) is 0 Å². The van der Waals surface area contributed by atoms with E-state index in [1.807, 2.05) is 32.3 Å². The molecule has 0 atom stereocenters. The Morgan fingerprint density at radius 3 is 2.86 bits per heavy atom. The molecule has 72 valence electrons. The van der Waals surface area contributed by atoms with Gasteiger partial charge in [-0.1, -0.05) is 12.2 Å². The Labute approximate surface area is 86.6 Å². The van der Waals surface area contributed by atoms with Gasteiger partial charge in [0.25, 0.3) is 0 Å². The van der Waals surface area contributed by atoms with Crippen LogP contribution in [0.25, 0.3) is 11.5 Å². The third-order valence-electron chi connectivity index (χ3n) is 1.83.